The van der Waals surface area contributed by atoms with Crippen LogP contribution in [0, 0.1) is 0 Å². The molecule has 0 spiro atoms. The van der Waals surface area contributed by atoms with Crippen molar-refractivity contribution in [1.82, 2.24) is 15.1 Å². The first-order valence-electron chi connectivity index (χ1n) is 6.36. The fourth-order valence-electron chi connectivity index (χ4n) is 2.43. The van der Waals surface area contributed by atoms with Gasteiger partial charge in [0.1, 0.15) is 0 Å². The van der Waals surface area contributed by atoms with Crippen LogP contribution in [0.5, 0.6) is 0 Å². The fourth-order valence-corrected chi connectivity index (χ4v) is 2.43. The molecule has 1 unspecified atom stereocenters. The van der Waals surface area contributed by atoms with E-state index in [9.17, 15) is 4.79 Å². The third-order valence-corrected chi connectivity index (χ3v) is 3.63. The van der Waals surface area contributed by atoms with Gasteiger partial charge in [-0.1, -0.05) is 0 Å². The number of carbonyl (C=O) groups is 1. The summed E-state index contributed by atoms with van der Waals surface area (Å²) in [6, 6.07) is 0. The summed E-state index contributed by atoms with van der Waals surface area (Å²) in [6.07, 6.45) is 8.53. The summed E-state index contributed by atoms with van der Waals surface area (Å²) in [7, 11) is 1.90. The molecule has 1 aliphatic heterocycles. The van der Waals surface area contributed by atoms with Crippen LogP contribution in [-0.4, -0.2) is 27.6 Å². The normalized spacial score (nSPS) is 24.8. The Balaban J connectivity index is 1.88. The molecule has 0 aliphatic carbocycles. The van der Waals surface area contributed by atoms with Gasteiger partial charge < -0.3 is 5.32 Å². The molecular weight excluding hydrogens is 214 g/mol. The van der Waals surface area contributed by atoms with E-state index >= 15 is 0 Å². The molecule has 1 aromatic rings. The number of aromatic nitrogens is 2. The van der Waals surface area contributed by atoms with Gasteiger partial charge in [0.25, 0.3) is 0 Å². The Morgan fingerprint density at radius 2 is 2.41 bits per heavy atom. The topological polar surface area (TPSA) is 46.9 Å². The highest BCUT2D eigenvalue weighted by molar-refractivity contribution is 5.88. The number of Topliss-reactive ketones (excluding diaryl/α,β-unsaturated/α-hetero) is 1. The predicted octanol–water partition coefficient (Wildman–Crippen LogP) is 1.45. The van der Waals surface area contributed by atoms with E-state index in [2.05, 4.69) is 10.4 Å². The lowest BCUT2D eigenvalue weighted by molar-refractivity contribution is -0.125. The Morgan fingerprint density at radius 1 is 1.59 bits per heavy atom. The molecule has 2 heterocycles. The maximum Gasteiger partial charge on any atom is 0.152 e. The molecule has 94 valence electrons. The lowest BCUT2D eigenvalue weighted by atomic mass is 9.84. The first-order chi connectivity index (χ1) is 8.10. The summed E-state index contributed by atoms with van der Waals surface area (Å²) < 4.78 is 1.78. The molecule has 1 atom stereocenters. The molecule has 1 aliphatic rings. The molecule has 4 nitrogen and oxygen atoms in total. The van der Waals surface area contributed by atoms with Gasteiger partial charge in [0.2, 0.25) is 0 Å². The Kier molecular flexibility index (Phi) is 3.62. The van der Waals surface area contributed by atoms with Crippen LogP contribution in [0.2, 0.25) is 0 Å². The molecule has 2 rings (SSSR count). The predicted molar refractivity (Wildman–Crippen MR) is 66.8 cm³/mol. The minimum Gasteiger partial charge on any atom is -0.305 e. The second kappa shape index (κ2) is 5.00. The fraction of sp³-hybridized carbons (Fsp3) is 0.692. The quantitative estimate of drug-likeness (QED) is 0.859. The molecule has 0 radical (unpaired) electrons. The molecule has 0 saturated carbocycles. The van der Waals surface area contributed by atoms with E-state index in [0.29, 0.717) is 12.2 Å². The number of aryl methyl sites for hydroxylation is 2. The van der Waals surface area contributed by atoms with Gasteiger partial charge in [0.15, 0.2) is 5.78 Å². The molecular formula is C13H21N3O. The summed E-state index contributed by atoms with van der Waals surface area (Å²) in [4.78, 5) is 12.2. The summed E-state index contributed by atoms with van der Waals surface area (Å²) in [6.45, 7) is 3.01. The lowest BCUT2D eigenvalue weighted by Gasteiger charge is -2.33. The summed E-state index contributed by atoms with van der Waals surface area (Å²) in [5.74, 6) is 0.334. The highest BCUT2D eigenvalue weighted by atomic mass is 16.1. The molecule has 17 heavy (non-hydrogen) atoms. The van der Waals surface area contributed by atoms with Crippen molar-refractivity contribution in [2.75, 3.05) is 6.54 Å². The maximum absolute atomic E-state index is 12.2. The zero-order valence-electron chi connectivity index (χ0n) is 10.7. The smallest absolute Gasteiger partial charge is 0.152 e. The Bertz CT molecular complexity index is 391. The van der Waals surface area contributed by atoms with E-state index < -0.39 is 0 Å². The van der Waals surface area contributed by atoms with Gasteiger partial charge >= 0.3 is 0 Å². The molecule has 0 aromatic carbocycles. The number of carbonyl (C=O) groups excluding carboxylic acids is 1. The molecule has 0 amide bonds. The van der Waals surface area contributed by atoms with E-state index in [4.69, 9.17) is 0 Å². The van der Waals surface area contributed by atoms with Gasteiger partial charge in [0.05, 0.1) is 11.7 Å². The van der Waals surface area contributed by atoms with Gasteiger partial charge in [-0.05, 0) is 44.7 Å². The molecule has 1 fully saturated rings. The monoisotopic (exact) mass is 235 g/mol. The lowest BCUT2D eigenvalue weighted by Crippen LogP contribution is -2.52. The van der Waals surface area contributed by atoms with E-state index in [1.807, 2.05) is 26.4 Å². The minimum absolute atomic E-state index is 0.291. The summed E-state index contributed by atoms with van der Waals surface area (Å²) in [5.41, 5.74) is 0.848. The van der Waals surface area contributed by atoms with E-state index in [1.165, 1.54) is 6.42 Å². The zero-order chi connectivity index (χ0) is 12.3. The van der Waals surface area contributed by atoms with Crippen molar-refractivity contribution < 1.29 is 4.79 Å². The SMILES string of the molecule is Cn1cc(CCC(=O)C2(C)CCCCN2)cn1. The first kappa shape index (κ1) is 12.3. The second-order valence-corrected chi connectivity index (χ2v) is 5.16. The molecule has 0 bridgehead atoms. The third kappa shape index (κ3) is 2.94. The zero-order valence-corrected chi connectivity index (χ0v) is 10.7. The molecule has 1 saturated heterocycles. The van der Waals surface area contributed by atoms with Crippen LogP contribution in [-0.2, 0) is 18.3 Å². The van der Waals surface area contributed by atoms with Crippen molar-refractivity contribution in [3.8, 4) is 0 Å². The van der Waals surface area contributed by atoms with E-state index in [-0.39, 0.29) is 5.54 Å². The van der Waals surface area contributed by atoms with Crippen molar-refractivity contribution >= 4 is 5.78 Å². The number of piperidine rings is 1. The third-order valence-electron chi connectivity index (χ3n) is 3.63. The van der Waals surface area contributed by atoms with Crippen LogP contribution in [0.1, 0.15) is 38.2 Å². The Labute approximate surface area is 102 Å². The van der Waals surface area contributed by atoms with Crippen molar-refractivity contribution in [3.05, 3.63) is 18.0 Å². The van der Waals surface area contributed by atoms with Crippen LogP contribution in [0.25, 0.3) is 0 Å². The number of ketones is 1. The minimum atomic E-state index is -0.291. The van der Waals surface area contributed by atoms with Gasteiger partial charge in [-0.2, -0.15) is 5.10 Å². The van der Waals surface area contributed by atoms with E-state index in [0.717, 1.165) is 31.4 Å². The average molecular weight is 235 g/mol. The molecule has 4 heteroatoms. The van der Waals surface area contributed by atoms with Crippen LogP contribution in [0.15, 0.2) is 12.4 Å². The number of hydrogen-bond donors (Lipinski definition) is 1. The van der Waals surface area contributed by atoms with Crippen LogP contribution in [0.3, 0.4) is 0 Å². The van der Waals surface area contributed by atoms with Gasteiger partial charge in [-0.25, -0.2) is 0 Å². The number of hydrogen-bond acceptors (Lipinski definition) is 3. The number of nitrogens with zero attached hydrogens (tertiary/aromatic N) is 2. The van der Waals surface area contributed by atoms with Crippen LogP contribution in [0.4, 0.5) is 0 Å². The largest absolute Gasteiger partial charge is 0.305 e. The summed E-state index contributed by atoms with van der Waals surface area (Å²) in [5, 5.41) is 7.48. The molecule has 1 aromatic heterocycles. The first-order valence-corrected chi connectivity index (χ1v) is 6.36. The van der Waals surface area contributed by atoms with Crippen molar-refractivity contribution in [3.63, 3.8) is 0 Å². The Hall–Kier alpha value is -1.16. The van der Waals surface area contributed by atoms with Gasteiger partial charge in [-0.3, -0.25) is 9.48 Å². The number of nitrogens with one attached hydrogen (secondary N) is 1. The van der Waals surface area contributed by atoms with Crippen molar-refractivity contribution in [2.45, 2.75) is 44.6 Å². The maximum atomic E-state index is 12.2. The second-order valence-electron chi connectivity index (χ2n) is 5.16. The highest BCUT2D eigenvalue weighted by Gasteiger charge is 2.33. The standard InChI is InChI=1S/C13H21N3O/c1-13(7-3-4-8-14-13)12(17)6-5-11-9-15-16(2)10-11/h9-10,14H,3-8H2,1-2H3. The highest BCUT2D eigenvalue weighted by Crippen LogP contribution is 2.21. The van der Waals surface area contributed by atoms with Gasteiger partial charge in [0, 0.05) is 19.7 Å². The number of rotatable bonds is 4. The summed E-state index contributed by atoms with van der Waals surface area (Å²) >= 11 is 0. The molecule has 1 N–H and O–H groups in total. The van der Waals surface area contributed by atoms with Gasteiger partial charge in [-0.15, -0.1) is 0 Å². The average Bonchev–Trinajstić information content (AvgIpc) is 2.73. The van der Waals surface area contributed by atoms with Crippen molar-refractivity contribution in [1.29, 1.82) is 0 Å². The van der Waals surface area contributed by atoms with Crippen molar-refractivity contribution in [2.24, 2.45) is 7.05 Å². The Morgan fingerprint density at radius 3 is 3.00 bits per heavy atom. The van der Waals surface area contributed by atoms with Crippen LogP contribution >= 0.6 is 0 Å². The van der Waals surface area contributed by atoms with Crippen LogP contribution < -0.4 is 5.32 Å². The van der Waals surface area contributed by atoms with E-state index in [1.54, 1.807) is 4.68 Å².